The number of piperidine rings is 1. The van der Waals surface area contributed by atoms with Crippen LogP contribution < -0.4 is 10.6 Å². The summed E-state index contributed by atoms with van der Waals surface area (Å²) >= 11 is 2.12. The van der Waals surface area contributed by atoms with Crippen LogP contribution in [-0.2, 0) is 0 Å². The quantitative estimate of drug-likeness (QED) is 0.561. The van der Waals surface area contributed by atoms with Crippen LogP contribution in [-0.4, -0.2) is 30.3 Å². The van der Waals surface area contributed by atoms with Gasteiger partial charge in [0.2, 0.25) is 0 Å². The molecule has 2 fully saturated rings. The molecule has 0 amide bonds. The fraction of sp³-hybridized carbons (Fsp3) is 1.00. The molecular formula is C8H16N2S. The van der Waals surface area contributed by atoms with Crippen molar-refractivity contribution in [3.8, 4) is 0 Å². The lowest BCUT2D eigenvalue weighted by Crippen LogP contribution is -2.52. The third-order valence-corrected chi connectivity index (χ3v) is 4.48. The molecule has 1 spiro atoms. The molecule has 2 rings (SSSR count). The Balaban J connectivity index is 2.07. The van der Waals surface area contributed by atoms with E-state index in [-0.39, 0.29) is 0 Å². The highest BCUT2D eigenvalue weighted by Gasteiger charge is 2.40. The van der Waals surface area contributed by atoms with Crippen LogP contribution >= 0.6 is 11.8 Å². The Morgan fingerprint density at radius 1 is 1.45 bits per heavy atom. The summed E-state index contributed by atoms with van der Waals surface area (Å²) in [4.78, 5) is 0.436. The van der Waals surface area contributed by atoms with Gasteiger partial charge in [-0.2, -0.15) is 0 Å². The Hall–Kier alpha value is 0.270. The maximum atomic E-state index is 3.64. The average Bonchev–Trinajstić information content (AvgIpc) is 2.46. The predicted octanol–water partition coefficient (Wildman–Crippen LogP) is 0.648. The Labute approximate surface area is 72.5 Å². The normalized spacial score (nSPS) is 45.0. The molecule has 0 radical (unpaired) electrons. The molecule has 2 saturated heterocycles. The van der Waals surface area contributed by atoms with Gasteiger partial charge in [0, 0.05) is 18.8 Å². The van der Waals surface area contributed by atoms with Gasteiger partial charge in [-0.1, -0.05) is 6.92 Å². The van der Waals surface area contributed by atoms with Crippen LogP contribution in [0.2, 0.25) is 0 Å². The molecule has 2 unspecified atom stereocenters. The first kappa shape index (κ1) is 7.90. The second-order valence-electron chi connectivity index (χ2n) is 3.52. The van der Waals surface area contributed by atoms with Crippen molar-refractivity contribution in [3.05, 3.63) is 0 Å². The minimum absolute atomic E-state index is 0.436. The number of hydrogen-bond donors (Lipinski definition) is 2. The molecule has 0 saturated carbocycles. The largest absolute Gasteiger partial charge is 0.316 e. The van der Waals surface area contributed by atoms with E-state index in [9.17, 15) is 0 Å². The van der Waals surface area contributed by atoms with Gasteiger partial charge < -0.3 is 10.6 Å². The molecule has 64 valence electrons. The molecule has 0 aromatic rings. The third-order valence-electron chi connectivity index (χ3n) is 2.81. The highest BCUT2D eigenvalue weighted by Crippen LogP contribution is 2.38. The summed E-state index contributed by atoms with van der Waals surface area (Å²) in [6.45, 7) is 5.91. The third kappa shape index (κ3) is 1.30. The Morgan fingerprint density at radius 3 is 3.00 bits per heavy atom. The predicted molar refractivity (Wildman–Crippen MR) is 49.8 cm³/mol. The number of hydrogen-bond acceptors (Lipinski definition) is 3. The van der Waals surface area contributed by atoms with Gasteiger partial charge in [-0.25, -0.2) is 0 Å². The van der Waals surface area contributed by atoms with Gasteiger partial charge in [-0.05, 0) is 18.9 Å². The molecule has 2 aliphatic heterocycles. The average molecular weight is 172 g/mol. The zero-order valence-electron chi connectivity index (χ0n) is 7.02. The smallest absolute Gasteiger partial charge is 0.0696 e. The molecule has 2 nitrogen and oxygen atoms in total. The van der Waals surface area contributed by atoms with E-state index >= 15 is 0 Å². The van der Waals surface area contributed by atoms with Crippen molar-refractivity contribution in [1.82, 2.24) is 10.6 Å². The molecule has 2 atom stereocenters. The SMILES string of the molecule is CC1CNCCC12NCCS2. The van der Waals surface area contributed by atoms with Crippen LogP contribution in [0.15, 0.2) is 0 Å². The van der Waals surface area contributed by atoms with Crippen LogP contribution in [0.25, 0.3) is 0 Å². The van der Waals surface area contributed by atoms with Crippen molar-refractivity contribution in [1.29, 1.82) is 0 Å². The minimum atomic E-state index is 0.436. The van der Waals surface area contributed by atoms with Crippen LogP contribution in [0.5, 0.6) is 0 Å². The molecule has 11 heavy (non-hydrogen) atoms. The second-order valence-corrected chi connectivity index (χ2v) is 4.95. The van der Waals surface area contributed by atoms with Crippen molar-refractivity contribution in [2.75, 3.05) is 25.4 Å². The molecule has 0 aromatic carbocycles. The van der Waals surface area contributed by atoms with E-state index in [1.54, 1.807) is 0 Å². The number of nitrogens with one attached hydrogen (secondary N) is 2. The molecule has 2 heterocycles. The van der Waals surface area contributed by atoms with Crippen LogP contribution in [0.1, 0.15) is 13.3 Å². The first-order chi connectivity index (χ1) is 5.33. The van der Waals surface area contributed by atoms with Gasteiger partial charge in [0.25, 0.3) is 0 Å². The fourth-order valence-electron chi connectivity index (χ4n) is 2.03. The monoisotopic (exact) mass is 172 g/mol. The summed E-state index contributed by atoms with van der Waals surface area (Å²) < 4.78 is 0. The maximum Gasteiger partial charge on any atom is 0.0696 e. The summed E-state index contributed by atoms with van der Waals surface area (Å²) in [5.74, 6) is 2.08. The molecule has 2 N–H and O–H groups in total. The lowest BCUT2D eigenvalue weighted by atomic mass is 9.94. The first-order valence-electron chi connectivity index (χ1n) is 4.43. The summed E-state index contributed by atoms with van der Waals surface area (Å²) in [7, 11) is 0. The van der Waals surface area contributed by atoms with Gasteiger partial charge >= 0.3 is 0 Å². The Morgan fingerprint density at radius 2 is 2.36 bits per heavy atom. The Kier molecular flexibility index (Phi) is 2.12. The van der Waals surface area contributed by atoms with Gasteiger partial charge in [-0.15, -0.1) is 11.8 Å². The summed E-state index contributed by atoms with van der Waals surface area (Å²) in [6.07, 6.45) is 1.29. The molecule has 3 heteroatoms. The number of thioether (sulfide) groups is 1. The van der Waals surface area contributed by atoms with E-state index in [2.05, 4.69) is 29.3 Å². The van der Waals surface area contributed by atoms with Crippen molar-refractivity contribution < 1.29 is 0 Å². The van der Waals surface area contributed by atoms with Gasteiger partial charge in [0.15, 0.2) is 0 Å². The van der Waals surface area contributed by atoms with Crippen LogP contribution in [0, 0.1) is 5.92 Å². The summed E-state index contributed by atoms with van der Waals surface area (Å²) in [6, 6.07) is 0. The van der Waals surface area contributed by atoms with Gasteiger partial charge in [-0.3, -0.25) is 0 Å². The standard InChI is InChI=1S/C8H16N2S/c1-7-6-9-3-2-8(7)10-4-5-11-8/h7,9-10H,2-6H2,1H3. The van der Waals surface area contributed by atoms with Gasteiger partial charge in [0.05, 0.1) is 4.87 Å². The van der Waals surface area contributed by atoms with Gasteiger partial charge in [0.1, 0.15) is 0 Å². The first-order valence-corrected chi connectivity index (χ1v) is 5.42. The van der Waals surface area contributed by atoms with Crippen molar-refractivity contribution in [2.24, 2.45) is 5.92 Å². The Bertz CT molecular complexity index is 143. The zero-order valence-corrected chi connectivity index (χ0v) is 7.84. The van der Waals surface area contributed by atoms with E-state index in [0.29, 0.717) is 4.87 Å². The van der Waals surface area contributed by atoms with Crippen LogP contribution in [0.3, 0.4) is 0 Å². The highest BCUT2D eigenvalue weighted by molar-refractivity contribution is 8.00. The lowest BCUT2D eigenvalue weighted by Gasteiger charge is -2.39. The van der Waals surface area contributed by atoms with Crippen molar-refractivity contribution in [3.63, 3.8) is 0 Å². The number of rotatable bonds is 0. The van der Waals surface area contributed by atoms with E-state index in [1.807, 2.05) is 0 Å². The summed E-state index contributed by atoms with van der Waals surface area (Å²) in [5, 5.41) is 7.08. The van der Waals surface area contributed by atoms with E-state index in [4.69, 9.17) is 0 Å². The second kappa shape index (κ2) is 2.96. The van der Waals surface area contributed by atoms with Crippen molar-refractivity contribution >= 4 is 11.8 Å². The van der Waals surface area contributed by atoms with E-state index < -0.39 is 0 Å². The zero-order chi connectivity index (χ0) is 7.73. The maximum absolute atomic E-state index is 3.64. The van der Waals surface area contributed by atoms with E-state index in [0.717, 1.165) is 5.92 Å². The minimum Gasteiger partial charge on any atom is -0.316 e. The van der Waals surface area contributed by atoms with Crippen molar-refractivity contribution in [2.45, 2.75) is 18.2 Å². The van der Waals surface area contributed by atoms with E-state index in [1.165, 1.54) is 31.8 Å². The molecule has 2 aliphatic rings. The molecule has 0 aliphatic carbocycles. The van der Waals surface area contributed by atoms with Crippen LogP contribution in [0.4, 0.5) is 0 Å². The lowest BCUT2D eigenvalue weighted by molar-refractivity contribution is 0.278. The topological polar surface area (TPSA) is 24.1 Å². The molecule has 0 aromatic heterocycles. The molecule has 0 bridgehead atoms. The fourth-order valence-corrected chi connectivity index (χ4v) is 3.41. The highest BCUT2D eigenvalue weighted by atomic mass is 32.2. The summed E-state index contributed by atoms with van der Waals surface area (Å²) in [5.41, 5.74) is 0. The molecular weight excluding hydrogens is 156 g/mol.